The van der Waals surface area contributed by atoms with Crippen molar-refractivity contribution in [3.8, 4) is 0 Å². The summed E-state index contributed by atoms with van der Waals surface area (Å²) >= 11 is 0. The molecule has 0 fully saturated rings. The lowest BCUT2D eigenvalue weighted by molar-refractivity contribution is -0.136. The minimum Gasteiger partial charge on any atom is -0.481 e. The second kappa shape index (κ2) is 6.85. The van der Waals surface area contributed by atoms with E-state index in [4.69, 9.17) is 10.2 Å². The first-order valence-electron chi connectivity index (χ1n) is 4.23. The third kappa shape index (κ3) is 7.28. The lowest BCUT2D eigenvalue weighted by atomic mass is 10.1. The summed E-state index contributed by atoms with van der Waals surface area (Å²) in [6.45, 7) is 1.60. The summed E-state index contributed by atoms with van der Waals surface area (Å²) in [5.41, 5.74) is 0. The van der Waals surface area contributed by atoms with E-state index < -0.39 is 5.97 Å². The molecule has 1 aliphatic carbocycles. The van der Waals surface area contributed by atoms with E-state index in [9.17, 15) is 4.79 Å². The zero-order chi connectivity index (χ0) is 9.40. The van der Waals surface area contributed by atoms with Gasteiger partial charge < -0.3 is 10.2 Å². The standard InChI is InChI=1S/C6H10O.C3H6O2/c7-6-4-2-1-3-5-6;1-2-3(4)5/h2,4,6-7H,1,3,5H2;2H2,1H3,(H,4,5). The molecule has 0 saturated heterocycles. The summed E-state index contributed by atoms with van der Waals surface area (Å²) in [4.78, 5) is 9.37. The van der Waals surface area contributed by atoms with Crippen molar-refractivity contribution < 1.29 is 15.0 Å². The van der Waals surface area contributed by atoms with Gasteiger partial charge >= 0.3 is 5.97 Å². The molecule has 70 valence electrons. The van der Waals surface area contributed by atoms with Crippen LogP contribution in [-0.2, 0) is 4.79 Å². The highest BCUT2D eigenvalue weighted by Gasteiger charge is 2.00. The Hall–Kier alpha value is -0.830. The van der Waals surface area contributed by atoms with Crippen LogP contribution in [0.4, 0.5) is 0 Å². The summed E-state index contributed by atoms with van der Waals surface area (Å²) in [5.74, 6) is -0.745. The van der Waals surface area contributed by atoms with Crippen molar-refractivity contribution in [2.45, 2.75) is 38.7 Å². The van der Waals surface area contributed by atoms with Crippen LogP contribution in [0.3, 0.4) is 0 Å². The first-order valence-corrected chi connectivity index (χ1v) is 4.23. The van der Waals surface area contributed by atoms with Crippen molar-refractivity contribution in [3.63, 3.8) is 0 Å². The van der Waals surface area contributed by atoms with Crippen LogP contribution in [0, 0.1) is 0 Å². The average Bonchev–Trinajstić information content (AvgIpc) is 2.07. The van der Waals surface area contributed by atoms with Crippen LogP contribution in [-0.4, -0.2) is 22.3 Å². The molecule has 0 bridgehead atoms. The molecule has 0 radical (unpaired) electrons. The summed E-state index contributed by atoms with van der Waals surface area (Å²) in [5, 5.41) is 16.5. The molecule has 0 amide bonds. The number of rotatable bonds is 1. The van der Waals surface area contributed by atoms with Crippen LogP contribution in [0.25, 0.3) is 0 Å². The highest BCUT2D eigenvalue weighted by Crippen LogP contribution is 2.08. The van der Waals surface area contributed by atoms with E-state index in [1.54, 1.807) is 6.92 Å². The Labute approximate surface area is 72.7 Å². The van der Waals surface area contributed by atoms with Gasteiger partial charge in [-0.05, 0) is 19.3 Å². The number of aliphatic carboxylic acids is 1. The first kappa shape index (κ1) is 11.2. The Morgan fingerprint density at radius 3 is 2.42 bits per heavy atom. The molecule has 1 rings (SSSR count). The highest BCUT2D eigenvalue weighted by molar-refractivity contribution is 5.66. The number of carboxylic acids is 1. The van der Waals surface area contributed by atoms with E-state index in [1.165, 1.54) is 0 Å². The zero-order valence-corrected chi connectivity index (χ0v) is 7.36. The van der Waals surface area contributed by atoms with Gasteiger partial charge in [0.1, 0.15) is 0 Å². The lowest BCUT2D eigenvalue weighted by Crippen LogP contribution is -2.04. The summed E-state index contributed by atoms with van der Waals surface area (Å²) in [6.07, 6.45) is 7.23. The number of hydrogen-bond acceptors (Lipinski definition) is 2. The largest absolute Gasteiger partial charge is 0.481 e. The van der Waals surface area contributed by atoms with Crippen molar-refractivity contribution >= 4 is 5.97 Å². The molecular weight excluding hydrogens is 156 g/mol. The van der Waals surface area contributed by atoms with Crippen LogP contribution in [0.1, 0.15) is 32.6 Å². The van der Waals surface area contributed by atoms with E-state index in [2.05, 4.69) is 0 Å². The predicted octanol–water partition coefficient (Wildman–Crippen LogP) is 1.57. The van der Waals surface area contributed by atoms with Gasteiger partial charge in [-0.1, -0.05) is 19.1 Å². The Bertz CT molecular complexity index is 152. The third-order valence-electron chi connectivity index (χ3n) is 1.53. The first-order chi connectivity index (χ1) is 5.66. The SMILES string of the molecule is CCC(=O)O.OC1C=CCCC1. The Morgan fingerprint density at radius 1 is 1.67 bits per heavy atom. The van der Waals surface area contributed by atoms with Gasteiger partial charge in [-0.3, -0.25) is 4.79 Å². The van der Waals surface area contributed by atoms with Gasteiger partial charge in [-0.25, -0.2) is 0 Å². The molecule has 2 N–H and O–H groups in total. The predicted molar refractivity (Wildman–Crippen MR) is 46.9 cm³/mol. The second-order valence-electron chi connectivity index (χ2n) is 2.67. The lowest BCUT2D eigenvalue weighted by Gasteiger charge is -2.07. The van der Waals surface area contributed by atoms with Gasteiger partial charge in [-0.15, -0.1) is 0 Å². The fourth-order valence-electron chi connectivity index (χ4n) is 0.794. The van der Waals surface area contributed by atoms with E-state index in [-0.39, 0.29) is 12.5 Å². The molecule has 0 spiro atoms. The Kier molecular flexibility index (Phi) is 6.38. The quantitative estimate of drug-likeness (QED) is 0.590. The third-order valence-corrected chi connectivity index (χ3v) is 1.53. The maximum Gasteiger partial charge on any atom is 0.303 e. The van der Waals surface area contributed by atoms with E-state index in [1.807, 2.05) is 12.2 Å². The van der Waals surface area contributed by atoms with Crippen LogP contribution in [0.2, 0.25) is 0 Å². The van der Waals surface area contributed by atoms with Crippen LogP contribution >= 0.6 is 0 Å². The van der Waals surface area contributed by atoms with E-state index in [0.717, 1.165) is 19.3 Å². The average molecular weight is 172 g/mol. The van der Waals surface area contributed by atoms with Crippen molar-refractivity contribution in [2.24, 2.45) is 0 Å². The van der Waals surface area contributed by atoms with Gasteiger partial charge in [0, 0.05) is 6.42 Å². The van der Waals surface area contributed by atoms with Gasteiger partial charge in [0.25, 0.3) is 0 Å². The minimum absolute atomic E-state index is 0.145. The number of carbonyl (C=O) groups is 1. The molecule has 0 aromatic rings. The van der Waals surface area contributed by atoms with Gasteiger partial charge in [0.05, 0.1) is 6.10 Å². The molecule has 0 aliphatic heterocycles. The van der Waals surface area contributed by atoms with Gasteiger partial charge in [0.2, 0.25) is 0 Å². The maximum atomic E-state index is 9.37. The highest BCUT2D eigenvalue weighted by atomic mass is 16.4. The molecule has 0 aromatic heterocycles. The topological polar surface area (TPSA) is 57.5 Å². The number of hydrogen-bond donors (Lipinski definition) is 2. The monoisotopic (exact) mass is 172 g/mol. The normalized spacial score (nSPS) is 21.0. The molecule has 1 aliphatic rings. The van der Waals surface area contributed by atoms with Crippen molar-refractivity contribution in [2.75, 3.05) is 0 Å². The Balaban J connectivity index is 0.000000217. The van der Waals surface area contributed by atoms with Gasteiger partial charge in [0.15, 0.2) is 0 Å². The zero-order valence-electron chi connectivity index (χ0n) is 7.36. The molecule has 0 aromatic carbocycles. The van der Waals surface area contributed by atoms with Crippen LogP contribution < -0.4 is 0 Å². The Morgan fingerprint density at radius 2 is 2.25 bits per heavy atom. The number of aliphatic hydroxyl groups is 1. The molecule has 1 atom stereocenters. The minimum atomic E-state index is -0.745. The van der Waals surface area contributed by atoms with Crippen LogP contribution in [0.5, 0.6) is 0 Å². The molecule has 3 heteroatoms. The van der Waals surface area contributed by atoms with E-state index in [0.29, 0.717) is 0 Å². The number of carboxylic acid groups (broad SMARTS) is 1. The molecule has 0 heterocycles. The fraction of sp³-hybridized carbons (Fsp3) is 0.667. The number of allylic oxidation sites excluding steroid dienone is 1. The molecule has 12 heavy (non-hydrogen) atoms. The summed E-state index contributed by atoms with van der Waals surface area (Å²) < 4.78 is 0. The second-order valence-corrected chi connectivity index (χ2v) is 2.67. The molecule has 0 saturated carbocycles. The number of aliphatic hydroxyl groups excluding tert-OH is 1. The summed E-state index contributed by atoms with van der Waals surface area (Å²) in [7, 11) is 0. The molecular formula is C9H16O3. The van der Waals surface area contributed by atoms with Crippen molar-refractivity contribution in [1.82, 2.24) is 0 Å². The van der Waals surface area contributed by atoms with Crippen molar-refractivity contribution in [3.05, 3.63) is 12.2 Å². The van der Waals surface area contributed by atoms with Gasteiger partial charge in [-0.2, -0.15) is 0 Å². The molecule has 3 nitrogen and oxygen atoms in total. The van der Waals surface area contributed by atoms with E-state index >= 15 is 0 Å². The summed E-state index contributed by atoms with van der Waals surface area (Å²) in [6, 6.07) is 0. The smallest absolute Gasteiger partial charge is 0.303 e. The van der Waals surface area contributed by atoms with Crippen LogP contribution in [0.15, 0.2) is 12.2 Å². The molecule has 1 unspecified atom stereocenters. The van der Waals surface area contributed by atoms with Crippen molar-refractivity contribution in [1.29, 1.82) is 0 Å². The fourth-order valence-corrected chi connectivity index (χ4v) is 0.794. The maximum absolute atomic E-state index is 9.37.